The molecule has 0 saturated carbocycles. The van der Waals surface area contributed by atoms with Crippen LogP contribution in [0.4, 0.5) is 0 Å². The van der Waals surface area contributed by atoms with Crippen molar-refractivity contribution in [2.45, 2.75) is 0 Å². The van der Waals surface area contributed by atoms with Crippen LogP contribution >= 0.6 is 0 Å². The fourth-order valence-electron chi connectivity index (χ4n) is 0. The molecule has 0 radical (unpaired) electrons. The van der Waals surface area contributed by atoms with E-state index in [2.05, 4.69) is 0 Å². The molecule has 0 bridgehead atoms. The second-order valence-corrected chi connectivity index (χ2v) is 1.56. The first kappa shape index (κ1) is 9.93. The van der Waals surface area contributed by atoms with E-state index in [9.17, 15) is 0 Å². The Balaban J connectivity index is 0. The van der Waals surface area contributed by atoms with Crippen LogP contribution in [0.25, 0.3) is 0 Å². The molecule has 0 rings (SSSR count). The minimum absolute atomic E-state index is 0. The van der Waals surface area contributed by atoms with E-state index in [4.69, 9.17) is 16.0 Å². The van der Waals surface area contributed by atoms with Crippen molar-refractivity contribution in [3.8, 4) is 0 Å². The van der Waals surface area contributed by atoms with E-state index in [1.807, 2.05) is 0 Å². The van der Waals surface area contributed by atoms with Gasteiger partial charge in [-0.2, -0.15) is 0 Å². The van der Waals surface area contributed by atoms with Crippen molar-refractivity contribution in [1.29, 1.82) is 0 Å². The Labute approximate surface area is 52.6 Å². The summed E-state index contributed by atoms with van der Waals surface area (Å²) in [6, 6.07) is 0. The van der Waals surface area contributed by atoms with Crippen LogP contribution in [0.5, 0.6) is 0 Å². The zero-order valence-electron chi connectivity index (χ0n) is 2.72. The SMILES string of the molecule is [Mg+2].[O]=[Mn](=[O])([O-])[O-]. The van der Waals surface area contributed by atoms with Gasteiger partial charge in [-0.25, -0.2) is 0 Å². The third-order valence-corrected chi connectivity index (χ3v) is 0. The van der Waals surface area contributed by atoms with Crippen molar-refractivity contribution in [3.05, 3.63) is 0 Å². The van der Waals surface area contributed by atoms with E-state index in [1.54, 1.807) is 0 Å². The summed E-state index contributed by atoms with van der Waals surface area (Å²) in [6.07, 6.45) is 0. The molecular weight excluding hydrogens is 143 g/mol. The molecule has 4 nitrogen and oxygen atoms in total. The Hall–Kier alpha value is 0.806. The zero-order chi connectivity index (χ0) is 4.50. The van der Waals surface area contributed by atoms with Gasteiger partial charge in [-0.3, -0.25) is 0 Å². The molecule has 33 valence electrons. The molecule has 0 aliphatic carbocycles. The molecule has 0 atom stereocenters. The van der Waals surface area contributed by atoms with E-state index < -0.39 is 13.4 Å². The fourth-order valence-corrected chi connectivity index (χ4v) is 0. The number of hydrogen-bond acceptors (Lipinski definition) is 4. The van der Waals surface area contributed by atoms with Gasteiger partial charge >= 0.3 is 52.5 Å². The molecule has 0 fully saturated rings. The van der Waals surface area contributed by atoms with Crippen LogP contribution in [0.2, 0.25) is 0 Å². The van der Waals surface area contributed by atoms with Gasteiger partial charge in [0.15, 0.2) is 0 Å². The Morgan fingerprint density at radius 3 is 1.17 bits per heavy atom. The molecular formula is MgMnO4. The Morgan fingerprint density at radius 1 is 1.17 bits per heavy atom. The van der Waals surface area contributed by atoms with Crippen molar-refractivity contribution >= 4 is 23.1 Å². The van der Waals surface area contributed by atoms with E-state index >= 15 is 0 Å². The van der Waals surface area contributed by atoms with Crippen LogP contribution in [0.15, 0.2) is 0 Å². The number of hydrogen-bond donors (Lipinski definition) is 0. The third-order valence-electron chi connectivity index (χ3n) is 0. The zero-order valence-corrected chi connectivity index (χ0v) is 5.31. The van der Waals surface area contributed by atoms with Gasteiger partial charge in [-0.15, -0.1) is 0 Å². The summed E-state index contributed by atoms with van der Waals surface area (Å²) in [4.78, 5) is 0. The average molecular weight is 143 g/mol. The molecule has 0 saturated heterocycles. The topological polar surface area (TPSA) is 80.3 Å². The molecule has 0 spiro atoms. The van der Waals surface area contributed by atoms with Gasteiger partial charge < -0.3 is 0 Å². The van der Waals surface area contributed by atoms with Gasteiger partial charge in [-0.05, 0) is 0 Å². The Bertz CT molecular complexity index is 90.7. The molecule has 0 aromatic heterocycles. The summed E-state index contributed by atoms with van der Waals surface area (Å²) < 4.78 is 34.3. The first-order chi connectivity index (χ1) is 2.00. The van der Waals surface area contributed by atoms with Crippen LogP contribution in [-0.4, -0.2) is 23.1 Å². The predicted molar refractivity (Wildman–Crippen MR) is 7.13 cm³/mol. The van der Waals surface area contributed by atoms with Crippen LogP contribution in [0, 0.1) is 0 Å². The maximum atomic E-state index is 8.58. The van der Waals surface area contributed by atoms with Gasteiger partial charge in [0.25, 0.3) is 0 Å². The molecule has 0 unspecified atom stereocenters. The molecule has 0 aromatic carbocycles. The van der Waals surface area contributed by atoms with Crippen molar-refractivity contribution in [1.82, 2.24) is 0 Å². The molecule has 6 heteroatoms. The standard InChI is InChI=1S/Mg.Mn.4O/q+2;;;;2*-1. The fraction of sp³-hybridized carbons (Fsp3) is 0. The molecule has 6 heavy (non-hydrogen) atoms. The molecule has 0 heterocycles. The van der Waals surface area contributed by atoms with Crippen LogP contribution < -0.4 is 8.38 Å². The van der Waals surface area contributed by atoms with Gasteiger partial charge in [0, 0.05) is 0 Å². The van der Waals surface area contributed by atoms with Crippen LogP contribution in [0.1, 0.15) is 0 Å². The van der Waals surface area contributed by atoms with E-state index in [0.717, 1.165) is 0 Å². The average Bonchev–Trinajstić information content (AvgIpc) is 0.722. The van der Waals surface area contributed by atoms with Crippen molar-refractivity contribution in [2.24, 2.45) is 0 Å². The second-order valence-electron chi connectivity index (χ2n) is 0.378. The third kappa shape index (κ3) is 107. The first-order valence-electron chi connectivity index (χ1n) is 0.617. The summed E-state index contributed by atoms with van der Waals surface area (Å²) in [5.41, 5.74) is 0. The van der Waals surface area contributed by atoms with Crippen LogP contribution in [-0.2, 0) is 21.0 Å². The Morgan fingerprint density at radius 2 is 1.17 bits per heavy atom. The van der Waals surface area contributed by atoms with Gasteiger partial charge in [0.05, 0.1) is 0 Å². The van der Waals surface area contributed by atoms with Gasteiger partial charge in [-0.1, -0.05) is 0 Å². The summed E-state index contributed by atoms with van der Waals surface area (Å²) in [7, 11) is 0. The molecule has 0 amide bonds. The van der Waals surface area contributed by atoms with E-state index in [0.29, 0.717) is 0 Å². The molecule has 0 aliphatic heterocycles. The quantitative estimate of drug-likeness (QED) is 0.338. The first-order valence-corrected chi connectivity index (χ1v) is 2.54. The molecule has 0 aromatic rings. The van der Waals surface area contributed by atoms with E-state index in [-0.39, 0.29) is 23.1 Å². The molecule has 0 aliphatic rings. The summed E-state index contributed by atoms with van der Waals surface area (Å²) in [6.45, 7) is 0. The summed E-state index contributed by atoms with van der Waals surface area (Å²) in [5, 5.41) is 0. The Kier molecular flexibility index (Phi) is 4.79. The summed E-state index contributed by atoms with van der Waals surface area (Å²) in [5.74, 6) is 0. The summed E-state index contributed by atoms with van der Waals surface area (Å²) >= 11 is -5.62. The second kappa shape index (κ2) is 2.89. The van der Waals surface area contributed by atoms with Gasteiger partial charge in [0.2, 0.25) is 0 Å². The van der Waals surface area contributed by atoms with Crippen molar-refractivity contribution < 1.29 is 29.4 Å². The normalized spacial score (nSPS) is 9.67. The van der Waals surface area contributed by atoms with E-state index in [1.165, 1.54) is 0 Å². The van der Waals surface area contributed by atoms with Crippen molar-refractivity contribution in [3.63, 3.8) is 0 Å². The van der Waals surface area contributed by atoms with Gasteiger partial charge in [0.1, 0.15) is 0 Å². The van der Waals surface area contributed by atoms with Crippen molar-refractivity contribution in [2.75, 3.05) is 0 Å². The maximum absolute atomic E-state index is 8.58. The minimum atomic E-state index is -5.62. The predicted octanol–water partition coefficient (Wildman–Crippen LogP) is -3.00. The number of rotatable bonds is 0. The molecule has 0 N–H and O–H groups in total. The van der Waals surface area contributed by atoms with Crippen LogP contribution in [0.3, 0.4) is 0 Å². The monoisotopic (exact) mass is 143 g/mol.